The molecule has 0 amide bonds. The first-order valence-corrected chi connectivity index (χ1v) is 9.66. The highest BCUT2D eigenvalue weighted by Crippen LogP contribution is 2.44. The van der Waals surface area contributed by atoms with Gasteiger partial charge in [-0.25, -0.2) is 0 Å². The second kappa shape index (κ2) is 7.89. The zero-order chi connectivity index (χ0) is 19.8. The number of alkyl halides is 2. The van der Waals surface area contributed by atoms with Gasteiger partial charge < -0.3 is 29.2 Å². The van der Waals surface area contributed by atoms with Crippen LogP contribution in [0.2, 0.25) is 0 Å². The number of hydrogen-bond acceptors (Lipinski definition) is 6. The molecule has 28 heavy (non-hydrogen) atoms. The van der Waals surface area contributed by atoms with E-state index < -0.39 is 41.5 Å². The number of ether oxygens (including phenoxy) is 4. The van der Waals surface area contributed by atoms with Crippen LogP contribution in [-0.2, 0) is 29.4 Å². The number of hydrogen-bond donors (Lipinski definition) is 2. The van der Waals surface area contributed by atoms with Crippen LogP contribution in [0, 0.1) is 0 Å². The Morgan fingerprint density at radius 1 is 0.857 bits per heavy atom. The molecule has 4 rings (SSSR count). The van der Waals surface area contributed by atoms with E-state index in [1.54, 1.807) is 48.5 Å². The zero-order valence-electron chi connectivity index (χ0n) is 14.8. The van der Waals surface area contributed by atoms with E-state index in [4.69, 9.17) is 42.1 Å². The maximum Gasteiger partial charge on any atom is 0.277 e. The van der Waals surface area contributed by atoms with Crippen molar-refractivity contribution in [2.75, 3.05) is 13.2 Å². The lowest BCUT2D eigenvalue weighted by molar-refractivity contribution is -0.281. The van der Waals surface area contributed by atoms with E-state index >= 15 is 0 Å². The van der Waals surface area contributed by atoms with Gasteiger partial charge >= 0.3 is 0 Å². The van der Waals surface area contributed by atoms with Gasteiger partial charge in [0.15, 0.2) is 0 Å². The van der Waals surface area contributed by atoms with Crippen LogP contribution in [0.15, 0.2) is 60.7 Å². The summed E-state index contributed by atoms with van der Waals surface area (Å²) < 4.78 is 23.6. The summed E-state index contributed by atoms with van der Waals surface area (Å²) in [7, 11) is 0. The van der Waals surface area contributed by atoms with Gasteiger partial charge in [0.25, 0.3) is 10.5 Å². The number of benzene rings is 2. The molecular formula is C20H20Cl2O6. The molecule has 2 aliphatic rings. The second-order valence-electron chi connectivity index (χ2n) is 6.68. The smallest absolute Gasteiger partial charge is 0.277 e. The van der Waals surface area contributed by atoms with Gasteiger partial charge in [0.1, 0.15) is 24.4 Å². The summed E-state index contributed by atoms with van der Waals surface area (Å²) in [5, 5.41) is 17.4. The molecule has 2 fully saturated rings. The first kappa shape index (κ1) is 20.1. The van der Waals surface area contributed by atoms with Crippen molar-refractivity contribution in [3.05, 3.63) is 71.8 Å². The maximum atomic E-state index is 10.9. The number of fused-ring (bicyclic) bond motifs is 2. The van der Waals surface area contributed by atoms with Crippen molar-refractivity contribution >= 4 is 23.2 Å². The van der Waals surface area contributed by atoms with Crippen molar-refractivity contribution in [3.63, 3.8) is 0 Å². The summed E-state index contributed by atoms with van der Waals surface area (Å²) in [5.41, 5.74) is 1.07. The third-order valence-corrected chi connectivity index (χ3v) is 5.64. The molecule has 2 aromatic carbocycles. The van der Waals surface area contributed by atoms with Crippen LogP contribution in [0.4, 0.5) is 0 Å². The number of rotatable bonds is 3. The lowest BCUT2D eigenvalue weighted by atomic mass is 10.0. The molecule has 0 aliphatic carbocycles. The summed E-state index contributed by atoms with van der Waals surface area (Å²) >= 11 is 13.3. The van der Waals surface area contributed by atoms with Crippen molar-refractivity contribution in [1.29, 1.82) is 0 Å². The summed E-state index contributed by atoms with van der Waals surface area (Å²) in [5.74, 6) is 0. The molecule has 2 aromatic rings. The van der Waals surface area contributed by atoms with Gasteiger partial charge in [0.2, 0.25) is 0 Å². The van der Waals surface area contributed by atoms with Gasteiger partial charge in [0.05, 0.1) is 13.2 Å². The average Bonchev–Trinajstić information content (AvgIpc) is 2.92. The summed E-state index contributed by atoms with van der Waals surface area (Å²) in [6.45, 7) is -0.570. The second-order valence-corrected chi connectivity index (χ2v) is 7.68. The average molecular weight is 427 g/mol. The minimum Gasteiger partial charge on any atom is -0.394 e. The van der Waals surface area contributed by atoms with Gasteiger partial charge in [-0.05, 0) is 0 Å². The van der Waals surface area contributed by atoms with E-state index in [1.165, 1.54) is 0 Å². The predicted molar refractivity (Wildman–Crippen MR) is 102 cm³/mol. The highest BCUT2D eigenvalue weighted by atomic mass is 35.5. The predicted octanol–water partition coefficient (Wildman–Crippen LogP) is 2.64. The molecule has 6 atom stereocenters. The summed E-state index contributed by atoms with van der Waals surface area (Å²) in [6.07, 6.45) is -4.14. The van der Waals surface area contributed by atoms with E-state index in [0.29, 0.717) is 11.1 Å². The van der Waals surface area contributed by atoms with E-state index in [2.05, 4.69) is 0 Å². The Kier molecular flexibility index (Phi) is 5.66. The molecule has 6 nitrogen and oxygen atoms in total. The van der Waals surface area contributed by atoms with Crippen LogP contribution >= 0.6 is 23.2 Å². The Bertz CT molecular complexity index is 790. The molecular weight excluding hydrogens is 407 g/mol. The zero-order valence-corrected chi connectivity index (χ0v) is 16.3. The number of aliphatic hydroxyl groups is 2. The fourth-order valence-electron chi connectivity index (χ4n) is 3.37. The Balaban J connectivity index is 1.70. The molecule has 2 saturated heterocycles. The highest BCUT2D eigenvalue weighted by molar-refractivity contribution is 6.22. The van der Waals surface area contributed by atoms with Crippen LogP contribution in [0.1, 0.15) is 11.1 Å². The van der Waals surface area contributed by atoms with Gasteiger partial charge in [-0.1, -0.05) is 83.9 Å². The molecule has 2 N–H and O–H groups in total. The lowest BCUT2D eigenvalue weighted by Crippen LogP contribution is -2.47. The number of aliphatic hydroxyl groups excluding tert-OH is 2. The Morgan fingerprint density at radius 2 is 1.43 bits per heavy atom. The van der Waals surface area contributed by atoms with Crippen molar-refractivity contribution in [2.24, 2.45) is 0 Å². The van der Waals surface area contributed by atoms with Crippen molar-refractivity contribution in [2.45, 2.75) is 34.9 Å². The lowest BCUT2D eigenvalue weighted by Gasteiger charge is -2.35. The van der Waals surface area contributed by atoms with Crippen LogP contribution in [0.25, 0.3) is 0 Å². The third-order valence-electron chi connectivity index (χ3n) is 4.83. The number of halogens is 2. The standard InChI is InChI=1S/C20H20Cl2O6/c21-19(13-7-3-1-4-8-13)25-12-16-17(24)18(28-19)15(11-23)26-20(22,27-16)14-9-5-2-6-10-14/h1-10,15-18,23-24H,11-12H2/t15-,16+,17-,18-,19?,20?/m1/s1. The Morgan fingerprint density at radius 3 is 2.00 bits per heavy atom. The van der Waals surface area contributed by atoms with Crippen LogP contribution in [0.3, 0.4) is 0 Å². The van der Waals surface area contributed by atoms with E-state index in [1.807, 2.05) is 12.1 Å². The quantitative estimate of drug-likeness (QED) is 0.734. The SMILES string of the molecule is OC[C@H]1OC(Cl)(c2ccccc2)O[C@H]2COC(Cl)(c3ccccc3)O[C@H]1[C@@H]2O. The molecule has 2 aliphatic heterocycles. The largest absolute Gasteiger partial charge is 0.394 e. The van der Waals surface area contributed by atoms with E-state index in [0.717, 1.165) is 0 Å². The molecule has 8 heteroatoms. The molecule has 2 heterocycles. The van der Waals surface area contributed by atoms with Gasteiger partial charge in [-0.15, -0.1) is 0 Å². The maximum absolute atomic E-state index is 10.9. The Labute approximate surface area is 172 Å². The molecule has 150 valence electrons. The molecule has 2 bridgehead atoms. The summed E-state index contributed by atoms with van der Waals surface area (Å²) in [4.78, 5) is 0. The van der Waals surface area contributed by atoms with Gasteiger partial charge in [0, 0.05) is 11.1 Å². The minimum absolute atomic E-state index is 0.0983. The van der Waals surface area contributed by atoms with Crippen LogP contribution in [0.5, 0.6) is 0 Å². The van der Waals surface area contributed by atoms with Crippen molar-refractivity contribution in [1.82, 2.24) is 0 Å². The topological polar surface area (TPSA) is 77.4 Å². The van der Waals surface area contributed by atoms with Gasteiger partial charge in [-0.2, -0.15) is 0 Å². The van der Waals surface area contributed by atoms with E-state index in [9.17, 15) is 10.2 Å². The molecule has 0 spiro atoms. The molecule has 0 aromatic heterocycles. The Hall–Kier alpha value is -1.22. The fourth-order valence-corrected chi connectivity index (χ4v) is 4.01. The monoisotopic (exact) mass is 426 g/mol. The van der Waals surface area contributed by atoms with Crippen molar-refractivity contribution in [3.8, 4) is 0 Å². The fraction of sp³-hybridized carbons (Fsp3) is 0.400. The van der Waals surface area contributed by atoms with E-state index in [-0.39, 0.29) is 6.61 Å². The van der Waals surface area contributed by atoms with Crippen LogP contribution < -0.4 is 0 Å². The molecule has 0 radical (unpaired) electrons. The summed E-state index contributed by atoms with van der Waals surface area (Å²) in [6, 6.07) is 17.8. The molecule has 2 unspecified atom stereocenters. The third kappa shape index (κ3) is 3.67. The van der Waals surface area contributed by atoms with Crippen LogP contribution in [-0.4, -0.2) is 47.8 Å². The first-order valence-electron chi connectivity index (χ1n) is 8.90. The molecule has 0 saturated carbocycles. The van der Waals surface area contributed by atoms with Crippen molar-refractivity contribution < 1.29 is 29.2 Å². The normalized spacial score (nSPS) is 38.4. The highest BCUT2D eigenvalue weighted by Gasteiger charge is 2.54. The van der Waals surface area contributed by atoms with Gasteiger partial charge in [-0.3, -0.25) is 0 Å². The minimum atomic E-state index is -1.72. The first-order chi connectivity index (χ1) is 13.5.